The van der Waals surface area contributed by atoms with Crippen LogP contribution in [0.15, 0.2) is 42.6 Å². The predicted octanol–water partition coefficient (Wildman–Crippen LogP) is 2.37. The fourth-order valence-electron chi connectivity index (χ4n) is 2.14. The summed E-state index contributed by atoms with van der Waals surface area (Å²) >= 11 is 0. The van der Waals surface area contributed by atoms with E-state index in [4.69, 9.17) is 5.11 Å². The number of anilines is 1. The van der Waals surface area contributed by atoms with Crippen LogP contribution in [0.25, 0.3) is 0 Å². The van der Waals surface area contributed by atoms with Gasteiger partial charge >= 0.3 is 5.97 Å². The minimum Gasteiger partial charge on any atom is -0.480 e. The van der Waals surface area contributed by atoms with E-state index >= 15 is 0 Å². The minimum absolute atomic E-state index is 0.0460. The molecule has 0 unspecified atom stereocenters. The fraction of sp³-hybridized carbons (Fsp3) is 0.312. The molecule has 1 heterocycles. The Bertz CT molecular complexity index is 587. The predicted molar refractivity (Wildman–Crippen MR) is 81.4 cm³/mol. The smallest absolute Gasteiger partial charge is 0.323 e. The highest BCUT2D eigenvalue weighted by Gasteiger charge is 2.12. The molecule has 0 saturated carbocycles. The van der Waals surface area contributed by atoms with Crippen LogP contribution in [0.1, 0.15) is 24.7 Å². The van der Waals surface area contributed by atoms with Gasteiger partial charge in [0.05, 0.1) is 0 Å². The minimum atomic E-state index is -0.855. The van der Waals surface area contributed by atoms with E-state index in [-0.39, 0.29) is 6.54 Å². The molecule has 0 radical (unpaired) electrons. The first-order valence-electron chi connectivity index (χ1n) is 7.01. The van der Waals surface area contributed by atoms with Crippen molar-refractivity contribution >= 4 is 11.8 Å². The molecule has 110 valence electrons. The third-order valence-corrected chi connectivity index (χ3v) is 3.04. The number of rotatable bonds is 7. The topological polar surface area (TPSA) is 66.3 Å². The van der Waals surface area contributed by atoms with Crippen molar-refractivity contribution in [1.82, 2.24) is 9.97 Å². The molecule has 0 atom stereocenters. The van der Waals surface area contributed by atoms with E-state index in [1.165, 1.54) is 0 Å². The molecule has 5 heteroatoms. The number of benzene rings is 1. The van der Waals surface area contributed by atoms with Crippen LogP contribution in [-0.4, -0.2) is 34.1 Å². The van der Waals surface area contributed by atoms with Crippen molar-refractivity contribution in [3.05, 3.63) is 54.0 Å². The van der Waals surface area contributed by atoms with Gasteiger partial charge in [0.25, 0.3) is 0 Å². The molecule has 1 N–H and O–H groups in total. The van der Waals surface area contributed by atoms with Crippen LogP contribution in [-0.2, 0) is 11.2 Å². The Morgan fingerprint density at radius 1 is 1.24 bits per heavy atom. The number of carboxylic acids is 1. The van der Waals surface area contributed by atoms with Crippen LogP contribution in [0.5, 0.6) is 0 Å². The molecule has 0 bridgehead atoms. The molecule has 2 rings (SSSR count). The van der Waals surface area contributed by atoms with Crippen molar-refractivity contribution in [2.45, 2.75) is 19.8 Å². The van der Waals surface area contributed by atoms with Gasteiger partial charge in [-0.3, -0.25) is 4.79 Å². The van der Waals surface area contributed by atoms with E-state index in [1.807, 2.05) is 37.3 Å². The lowest BCUT2D eigenvalue weighted by Gasteiger charge is -2.21. The van der Waals surface area contributed by atoms with Crippen molar-refractivity contribution in [2.24, 2.45) is 0 Å². The number of aromatic nitrogens is 2. The Morgan fingerprint density at radius 3 is 2.67 bits per heavy atom. The Balaban J connectivity index is 2.17. The maximum absolute atomic E-state index is 10.9. The molecule has 0 aliphatic heterocycles. The van der Waals surface area contributed by atoms with Gasteiger partial charge in [-0.15, -0.1) is 0 Å². The molecule has 0 fully saturated rings. The van der Waals surface area contributed by atoms with Crippen molar-refractivity contribution in [1.29, 1.82) is 0 Å². The molecular weight excluding hydrogens is 266 g/mol. The summed E-state index contributed by atoms with van der Waals surface area (Å²) in [6.45, 7) is 2.63. The monoisotopic (exact) mass is 285 g/mol. The Morgan fingerprint density at radius 2 is 2.00 bits per heavy atom. The molecule has 2 aromatic rings. The third-order valence-electron chi connectivity index (χ3n) is 3.04. The summed E-state index contributed by atoms with van der Waals surface area (Å²) in [5.74, 6) is 0.511. The second-order valence-electron chi connectivity index (χ2n) is 4.81. The maximum atomic E-state index is 10.9. The molecule has 0 spiro atoms. The summed E-state index contributed by atoms with van der Waals surface area (Å²) in [5, 5.41) is 8.99. The summed E-state index contributed by atoms with van der Waals surface area (Å²) in [7, 11) is 0. The molecule has 0 aliphatic rings. The Hall–Kier alpha value is -2.43. The summed E-state index contributed by atoms with van der Waals surface area (Å²) < 4.78 is 0. The van der Waals surface area contributed by atoms with Gasteiger partial charge in [0.15, 0.2) is 0 Å². The van der Waals surface area contributed by atoms with Crippen molar-refractivity contribution < 1.29 is 9.90 Å². The number of carboxylic acid groups (broad SMARTS) is 1. The van der Waals surface area contributed by atoms with E-state index < -0.39 is 5.97 Å². The van der Waals surface area contributed by atoms with Crippen molar-refractivity contribution in [3.63, 3.8) is 0 Å². The quantitative estimate of drug-likeness (QED) is 0.846. The maximum Gasteiger partial charge on any atom is 0.323 e. The number of hydrogen-bond acceptors (Lipinski definition) is 4. The zero-order valence-electron chi connectivity index (χ0n) is 12.1. The summed E-state index contributed by atoms with van der Waals surface area (Å²) in [6, 6.07) is 11.7. The molecule has 21 heavy (non-hydrogen) atoms. The molecule has 0 saturated heterocycles. The Kier molecular flexibility index (Phi) is 5.26. The third kappa shape index (κ3) is 4.56. The molecular formula is C16H19N3O2. The number of carbonyl (C=O) groups is 1. The first-order chi connectivity index (χ1) is 10.2. The van der Waals surface area contributed by atoms with Gasteiger partial charge in [-0.2, -0.15) is 0 Å². The summed E-state index contributed by atoms with van der Waals surface area (Å²) in [4.78, 5) is 21.5. The number of hydrogen-bond donors (Lipinski definition) is 1. The first-order valence-corrected chi connectivity index (χ1v) is 7.01. The lowest BCUT2D eigenvalue weighted by molar-refractivity contribution is -0.135. The zero-order chi connectivity index (χ0) is 15.1. The second-order valence-corrected chi connectivity index (χ2v) is 4.81. The van der Waals surface area contributed by atoms with Gasteiger partial charge < -0.3 is 10.0 Å². The molecule has 0 aliphatic carbocycles. The summed E-state index contributed by atoms with van der Waals surface area (Å²) in [5.41, 5.74) is 1.13. The highest BCUT2D eigenvalue weighted by molar-refractivity contribution is 5.73. The van der Waals surface area contributed by atoms with Crippen LogP contribution in [0.4, 0.5) is 5.82 Å². The first kappa shape index (κ1) is 15.0. The second kappa shape index (κ2) is 7.38. The van der Waals surface area contributed by atoms with Gasteiger partial charge in [0, 0.05) is 19.2 Å². The number of aliphatic carboxylic acids is 1. The standard InChI is InChI=1S/C16H19N3O2/c1-2-10-19(12-16(20)21)15-8-9-17-14(18-15)11-13-6-4-3-5-7-13/h3-9H,2,10-12H2,1H3,(H,20,21). The van der Waals surface area contributed by atoms with Gasteiger partial charge in [0.1, 0.15) is 18.2 Å². The number of nitrogens with zero attached hydrogens (tertiary/aromatic N) is 3. The van der Waals surface area contributed by atoms with Gasteiger partial charge in [-0.05, 0) is 18.1 Å². The van der Waals surface area contributed by atoms with E-state index in [0.717, 1.165) is 12.0 Å². The lowest BCUT2D eigenvalue weighted by Crippen LogP contribution is -2.31. The van der Waals surface area contributed by atoms with Crippen LogP contribution in [0.3, 0.4) is 0 Å². The van der Waals surface area contributed by atoms with E-state index in [2.05, 4.69) is 9.97 Å². The molecule has 1 aromatic heterocycles. The van der Waals surface area contributed by atoms with Crippen LogP contribution < -0.4 is 4.90 Å². The van der Waals surface area contributed by atoms with Crippen LogP contribution >= 0.6 is 0 Å². The average molecular weight is 285 g/mol. The normalized spacial score (nSPS) is 10.3. The van der Waals surface area contributed by atoms with E-state index in [1.54, 1.807) is 17.2 Å². The lowest BCUT2D eigenvalue weighted by atomic mass is 10.1. The van der Waals surface area contributed by atoms with Gasteiger partial charge in [0.2, 0.25) is 0 Å². The van der Waals surface area contributed by atoms with Crippen LogP contribution in [0.2, 0.25) is 0 Å². The van der Waals surface area contributed by atoms with E-state index in [9.17, 15) is 4.79 Å². The van der Waals surface area contributed by atoms with Crippen molar-refractivity contribution in [2.75, 3.05) is 18.0 Å². The van der Waals surface area contributed by atoms with Crippen LogP contribution in [0, 0.1) is 0 Å². The SMILES string of the molecule is CCCN(CC(=O)O)c1ccnc(Cc2ccccc2)n1. The highest BCUT2D eigenvalue weighted by Crippen LogP contribution is 2.12. The molecule has 5 nitrogen and oxygen atoms in total. The van der Waals surface area contributed by atoms with Gasteiger partial charge in [-0.25, -0.2) is 9.97 Å². The largest absolute Gasteiger partial charge is 0.480 e. The molecule has 1 aromatic carbocycles. The fourth-order valence-corrected chi connectivity index (χ4v) is 2.14. The van der Waals surface area contributed by atoms with Crippen molar-refractivity contribution in [3.8, 4) is 0 Å². The Labute approximate surface area is 124 Å². The van der Waals surface area contributed by atoms with Gasteiger partial charge in [-0.1, -0.05) is 37.3 Å². The zero-order valence-corrected chi connectivity index (χ0v) is 12.1. The van der Waals surface area contributed by atoms with E-state index in [0.29, 0.717) is 24.6 Å². The molecule has 0 amide bonds. The summed E-state index contributed by atoms with van der Waals surface area (Å²) in [6.07, 6.45) is 3.19. The highest BCUT2D eigenvalue weighted by atomic mass is 16.4. The average Bonchev–Trinajstić information content (AvgIpc) is 2.48.